The van der Waals surface area contributed by atoms with E-state index in [-0.39, 0.29) is 11.8 Å². The molecule has 6 heteroatoms. The zero-order valence-corrected chi connectivity index (χ0v) is 12.8. The van der Waals surface area contributed by atoms with E-state index in [1.165, 1.54) is 7.05 Å². The van der Waals surface area contributed by atoms with Crippen molar-refractivity contribution in [2.75, 3.05) is 12.4 Å². The predicted octanol–water partition coefficient (Wildman–Crippen LogP) is 2.72. The topological polar surface area (TPSA) is 62.6 Å². The molecule has 0 saturated carbocycles. The summed E-state index contributed by atoms with van der Waals surface area (Å²) in [4.78, 5) is 24.8. The summed E-state index contributed by atoms with van der Waals surface area (Å²) in [6.45, 7) is 0.528. The van der Waals surface area contributed by atoms with Gasteiger partial charge in [-0.2, -0.15) is 0 Å². The first kappa shape index (κ1) is 13.2. The Labute approximate surface area is 129 Å². The van der Waals surface area contributed by atoms with Crippen molar-refractivity contribution in [3.05, 3.63) is 51.0 Å². The molecular formula is C14H11IN2O3. The molecule has 102 valence electrons. The van der Waals surface area contributed by atoms with E-state index in [2.05, 4.69) is 27.9 Å². The van der Waals surface area contributed by atoms with Crippen LogP contribution in [0.4, 0.5) is 5.69 Å². The largest absolute Gasteiger partial charge is 0.454 e. The van der Waals surface area contributed by atoms with E-state index < -0.39 is 0 Å². The van der Waals surface area contributed by atoms with Gasteiger partial charge in [0, 0.05) is 12.7 Å². The summed E-state index contributed by atoms with van der Waals surface area (Å²) >= 11 is 2.10. The second kappa shape index (κ2) is 4.93. The van der Waals surface area contributed by atoms with Gasteiger partial charge in [0.25, 0.3) is 11.8 Å². The fraction of sp³-hybridized carbons (Fsp3) is 0.143. The number of amides is 2. The van der Waals surface area contributed by atoms with E-state index in [1.54, 1.807) is 18.2 Å². The molecule has 0 aliphatic carbocycles. The van der Waals surface area contributed by atoms with E-state index >= 15 is 0 Å². The highest BCUT2D eigenvalue weighted by molar-refractivity contribution is 14.1. The quantitative estimate of drug-likeness (QED) is 0.655. The van der Waals surface area contributed by atoms with Crippen LogP contribution in [-0.2, 0) is 6.54 Å². The molecule has 0 bridgehead atoms. The van der Waals surface area contributed by atoms with Crippen molar-refractivity contribution in [3.63, 3.8) is 0 Å². The second-order valence-corrected chi connectivity index (χ2v) is 5.55. The van der Waals surface area contributed by atoms with Crippen molar-refractivity contribution in [3.8, 4) is 0 Å². The summed E-state index contributed by atoms with van der Waals surface area (Å²) in [6.07, 6.45) is 0. The number of nitrogens with zero attached hydrogens (tertiary/aromatic N) is 1. The first-order chi connectivity index (χ1) is 9.56. The fourth-order valence-electron chi connectivity index (χ4n) is 2.11. The molecule has 2 amide bonds. The summed E-state index contributed by atoms with van der Waals surface area (Å²) in [6, 6.07) is 8.94. The highest BCUT2D eigenvalue weighted by Gasteiger charge is 2.32. The number of imide groups is 1. The second-order valence-electron chi connectivity index (χ2n) is 4.49. The SMILES string of the molecule is CN1C(=O)c2ccc(NCc3ccc(I)o3)cc2C1=O. The fourth-order valence-corrected chi connectivity index (χ4v) is 2.57. The Morgan fingerprint density at radius 2 is 1.90 bits per heavy atom. The number of furan rings is 1. The number of hydrogen-bond donors (Lipinski definition) is 1. The molecule has 20 heavy (non-hydrogen) atoms. The maximum absolute atomic E-state index is 11.9. The molecule has 1 aliphatic rings. The van der Waals surface area contributed by atoms with Crippen molar-refractivity contribution >= 4 is 40.1 Å². The minimum Gasteiger partial charge on any atom is -0.454 e. The van der Waals surface area contributed by atoms with Crippen molar-refractivity contribution in [2.45, 2.75) is 6.54 Å². The lowest BCUT2D eigenvalue weighted by Gasteiger charge is -2.05. The van der Waals surface area contributed by atoms with Crippen LogP contribution in [0.2, 0.25) is 0 Å². The summed E-state index contributed by atoms with van der Waals surface area (Å²) in [5.41, 5.74) is 1.68. The van der Waals surface area contributed by atoms with Crippen LogP contribution < -0.4 is 5.32 Å². The molecule has 1 N–H and O–H groups in total. The molecule has 2 heterocycles. The summed E-state index contributed by atoms with van der Waals surface area (Å²) in [7, 11) is 1.49. The van der Waals surface area contributed by atoms with Gasteiger partial charge in [-0.05, 0) is 52.9 Å². The number of halogens is 1. The number of anilines is 1. The van der Waals surface area contributed by atoms with Gasteiger partial charge in [-0.3, -0.25) is 14.5 Å². The monoisotopic (exact) mass is 382 g/mol. The predicted molar refractivity (Wildman–Crippen MR) is 81.6 cm³/mol. The lowest BCUT2D eigenvalue weighted by molar-refractivity contribution is 0.0693. The number of hydrogen-bond acceptors (Lipinski definition) is 4. The number of nitrogens with one attached hydrogen (secondary N) is 1. The number of rotatable bonds is 3. The van der Waals surface area contributed by atoms with Crippen LogP contribution in [0, 0.1) is 3.77 Å². The third-order valence-electron chi connectivity index (χ3n) is 3.19. The molecule has 0 atom stereocenters. The van der Waals surface area contributed by atoms with Gasteiger partial charge in [0.05, 0.1) is 17.7 Å². The van der Waals surface area contributed by atoms with E-state index in [9.17, 15) is 9.59 Å². The van der Waals surface area contributed by atoms with E-state index in [1.807, 2.05) is 12.1 Å². The number of carbonyl (C=O) groups excluding carboxylic acids is 2. The Kier molecular flexibility index (Phi) is 3.25. The van der Waals surface area contributed by atoms with Crippen LogP contribution in [0.15, 0.2) is 34.7 Å². The Hall–Kier alpha value is -1.83. The minimum atomic E-state index is -0.263. The van der Waals surface area contributed by atoms with E-state index in [0.717, 1.165) is 20.1 Å². The van der Waals surface area contributed by atoms with Crippen LogP contribution in [0.1, 0.15) is 26.5 Å². The smallest absolute Gasteiger partial charge is 0.261 e. The third kappa shape index (κ3) is 2.20. The maximum atomic E-state index is 11.9. The van der Waals surface area contributed by atoms with E-state index in [4.69, 9.17) is 4.42 Å². The molecule has 0 radical (unpaired) electrons. The molecule has 0 unspecified atom stereocenters. The molecule has 2 aromatic rings. The van der Waals surface area contributed by atoms with Gasteiger partial charge in [-0.25, -0.2) is 0 Å². The molecule has 0 spiro atoms. The molecule has 0 saturated heterocycles. The number of fused-ring (bicyclic) bond motifs is 1. The highest BCUT2D eigenvalue weighted by atomic mass is 127. The van der Waals surface area contributed by atoms with Gasteiger partial charge >= 0.3 is 0 Å². The Morgan fingerprint density at radius 1 is 1.15 bits per heavy atom. The maximum Gasteiger partial charge on any atom is 0.261 e. The average molecular weight is 382 g/mol. The normalized spacial score (nSPS) is 13.8. The number of carbonyl (C=O) groups is 2. The van der Waals surface area contributed by atoms with Crippen LogP contribution in [0.3, 0.4) is 0 Å². The van der Waals surface area contributed by atoms with Crippen molar-refractivity contribution in [1.29, 1.82) is 0 Å². The van der Waals surface area contributed by atoms with E-state index in [0.29, 0.717) is 17.7 Å². The van der Waals surface area contributed by atoms with Crippen LogP contribution >= 0.6 is 22.6 Å². The lowest BCUT2D eigenvalue weighted by atomic mass is 10.1. The van der Waals surface area contributed by atoms with Crippen LogP contribution in [0.25, 0.3) is 0 Å². The summed E-state index contributed by atoms with van der Waals surface area (Å²) in [5.74, 6) is 0.299. The Bertz CT molecular complexity index is 708. The molecular weight excluding hydrogens is 371 g/mol. The average Bonchev–Trinajstić information content (AvgIpc) is 2.95. The van der Waals surface area contributed by atoms with Gasteiger partial charge in [0.1, 0.15) is 5.76 Å². The minimum absolute atomic E-state index is 0.253. The first-order valence-electron chi connectivity index (χ1n) is 6.01. The Morgan fingerprint density at radius 3 is 2.60 bits per heavy atom. The molecule has 1 aliphatic heterocycles. The first-order valence-corrected chi connectivity index (χ1v) is 7.08. The van der Waals surface area contributed by atoms with Crippen molar-refractivity contribution in [1.82, 2.24) is 4.90 Å². The summed E-state index contributed by atoms with van der Waals surface area (Å²) in [5, 5.41) is 3.18. The molecule has 0 fully saturated rings. The molecule has 3 rings (SSSR count). The molecule has 5 nitrogen and oxygen atoms in total. The van der Waals surface area contributed by atoms with Crippen LogP contribution in [0.5, 0.6) is 0 Å². The van der Waals surface area contributed by atoms with Crippen molar-refractivity contribution in [2.24, 2.45) is 0 Å². The van der Waals surface area contributed by atoms with Gasteiger partial charge < -0.3 is 9.73 Å². The molecule has 1 aromatic heterocycles. The van der Waals surface area contributed by atoms with Gasteiger partial charge in [-0.15, -0.1) is 0 Å². The zero-order chi connectivity index (χ0) is 14.3. The standard InChI is InChI=1S/C14H11IN2O3/c1-17-13(18)10-4-2-8(6-11(10)14(17)19)16-7-9-3-5-12(15)20-9/h2-6,16H,7H2,1H3. The van der Waals surface area contributed by atoms with Gasteiger partial charge in [0.2, 0.25) is 0 Å². The third-order valence-corrected chi connectivity index (χ3v) is 3.77. The summed E-state index contributed by atoms with van der Waals surface area (Å²) < 4.78 is 6.28. The number of benzene rings is 1. The van der Waals surface area contributed by atoms with Crippen molar-refractivity contribution < 1.29 is 14.0 Å². The van der Waals surface area contributed by atoms with Gasteiger partial charge in [0.15, 0.2) is 3.77 Å². The van der Waals surface area contributed by atoms with Gasteiger partial charge in [-0.1, -0.05) is 0 Å². The zero-order valence-electron chi connectivity index (χ0n) is 10.6. The lowest BCUT2D eigenvalue weighted by Crippen LogP contribution is -2.24. The highest BCUT2D eigenvalue weighted by Crippen LogP contribution is 2.25. The Balaban J connectivity index is 1.80. The molecule has 1 aromatic carbocycles. The van der Waals surface area contributed by atoms with Crippen LogP contribution in [-0.4, -0.2) is 23.8 Å².